The number of anilines is 1. The number of para-hydroxylation sites is 1. The van der Waals surface area contributed by atoms with Crippen molar-refractivity contribution in [2.75, 3.05) is 38.0 Å². The van der Waals surface area contributed by atoms with E-state index in [1.54, 1.807) is 11.8 Å². The maximum Gasteiger partial charge on any atom is 0.238 e. The van der Waals surface area contributed by atoms with Crippen molar-refractivity contribution in [2.24, 2.45) is 0 Å². The summed E-state index contributed by atoms with van der Waals surface area (Å²) >= 11 is 1.59. The molecule has 1 N–H and O–H groups in total. The number of piperazine rings is 1. The molecule has 1 aliphatic rings. The zero-order chi connectivity index (χ0) is 20.6. The van der Waals surface area contributed by atoms with E-state index in [2.05, 4.69) is 17.1 Å². The Kier molecular flexibility index (Phi) is 7.72. The maximum atomic E-state index is 12.8. The van der Waals surface area contributed by atoms with Crippen LogP contribution < -0.4 is 5.32 Å². The Balaban J connectivity index is 1.45. The predicted molar refractivity (Wildman–Crippen MR) is 119 cm³/mol. The summed E-state index contributed by atoms with van der Waals surface area (Å²) in [6.07, 6.45) is 0.885. The van der Waals surface area contributed by atoms with Crippen LogP contribution in [0.25, 0.3) is 0 Å². The lowest BCUT2D eigenvalue weighted by atomic mass is 10.1. The molecule has 1 aliphatic heterocycles. The molecule has 154 valence electrons. The van der Waals surface area contributed by atoms with Crippen LogP contribution >= 0.6 is 11.8 Å². The second-order valence-electron chi connectivity index (χ2n) is 7.23. The third kappa shape index (κ3) is 6.08. The van der Waals surface area contributed by atoms with Crippen LogP contribution in [-0.2, 0) is 16.0 Å². The molecule has 2 amide bonds. The van der Waals surface area contributed by atoms with Gasteiger partial charge in [-0.05, 0) is 37.1 Å². The summed E-state index contributed by atoms with van der Waals surface area (Å²) in [5.74, 6) is 0.165. The van der Waals surface area contributed by atoms with Crippen LogP contribution in [0.5, 0.6) is 0 Å². The number of carbonyl (C=O) groups is 2. The van der Waals surface area contributed by atoms with Gasteiger partial charge in [-0.15, -0.1) is 11.8 Å². The molecule has 1 fully saturated rings. The first-order valence-corrected chi connectivity index (χ1v) is 11.1. The summed E-state index contributed by atoms with van der Waals surface area (Å²) < 4.78 is 0. The normalized spacial score (nSPS) is 15.7. The largest absolute Gasteiger partial charge is 0.339 e. The Morgan fingerprint density at radius 3 is 2.34 bits per heavy atom. The van der Waals surface area contributed by atoms with Crippen molar-refractivity contribution < 1.29 is 9.59 Å². The Labute approximate surface area is 177 Å². The van der Waals surface area contributed by atoms with Crippen molar-refractivity contribution in [1.82, 2.24) is 9.80 Å². The standard InChI is InChI=1S/C23H29N3O2S/c1-3-19-9-7-8-12-21(19)24-22(27)17-25-13-15-26(16-14-25)23(28)18(2)29-20-10-5-4-6-11-20/h4-12,18H,3,13-17H2,1-2H3,(H,24,27). The van der Waals surface area contributed by atoms with Crippen molar-refractivity contribution in [3.8, 4) is 0 Å². The minimum absolute atomic E-state index is 0.00122. The van der Waals surface area contributed by atoms with Crippen LogP contribution in [-0.4, -0.2) is 59.6 Å². The third-order valence-corrected chi connectivity index (χ3v) is 6.23. The number of amides is 2. The number of benzene rings is 2. The first kappa shape index (κ1) is 21.4. The minimum atomic E-state index is -0.113. The first-order valence-electron chi connectivity index (χ1n) is 10.2. The zero-order valence-corrected chi connectivity index (χ0v) is 18.0. The van der Waals surface area contributed by atoms with Crippen molar-refractivity contribution in [2.45, 2.75) is 30.4 Å². The van der Waals surface area contributed by atoms with Gasteiger partial charge in [-0.2, -0.15) is 0 Å². The number of aryl methyl sites for hydroxylation is 1. The van der Waals surface area contributed by atoms with E-state index in [1.807, 2.05) is 66.4 Å². The number of nitrogens with zero attached hydrogens (tertiary/aromatic N) is 2. The topological polar surface area (TPSA) is 52.7 Å². The fourth-order valence-corrected chi connectivity index (χ4v) is 4.45. The fourth-order valence-electron chi connectivity index (χ4n) is 3.48. The van der Waals surface area contributed by atoms with Crippen LogP contribution in [0.3, 0.4) is 0 Å². The minimum Gasteiger partial charge on any atom is -0.339 e. The van der Waals surface area contributed by atoms with Crippen LogP contribution in [0.4, 0.5) is 5.69 Å². The number of hydrogen-bond donors (Lipinski definition) is 1. The molecule has 3 rings (SSSR count). The summed E-state index contributed by atoms with van der Waals surface area (Å²) in [5.41, 5.74) is 2.03. The summed E-state index contributed by atoms with van der Waals surface area (Å²) in [4.78, 5) is 30.3. The van der Waals surface area contributed by atoms with E-state index in [4.69, 9.17) is 0 Å². The lowest BCUT2D eigenvalue weighted by Gasteiger charge is -2.35. The molecule has 2 aromatic carbocycles. The van der Waals surface area contributed by atoms with Gasteiger partial charge in [0.05, 0.1) is 11.8 Å². The van der Waals surface area contributed by atoms with E-state index in [9.17, 15) is 9.59 Å². The van der Waals surface area contributed by atoms with E-state index in [0.29, 0.717) is 19.6 Å². The molecule has 0 bridgehead atoms. The van der Waals surface area contributed by atoms with Crippen LogP contribution in [0, 0.1) is 0 Å². The quantitative estimate of drug-likeness (QED) is 0.709. The number of hydrogen-bond acceptors (Lipinski definition) is 4. The first-order chi connectivity index (χ1) is 14.1. The Morgan fingerprint density at radius 2 is 1.66 bits per heavy atom. The maximum absolute atomic E-state index is 12.8. The van der Waals surface area contributed by atoms with Gasteiger partial charge in [-0.25, -0.2) is 0 Å². The lowest BCUT2D eigenvalue weighted by Crippen LogP contribution is -2.52. The van der Waals surface area contributed by atoms with Gasteiger partial charge in [0.25, 0.3) is 0 Å². The highest BCUT2D eigenvalue weighted by atomic mass is 32.2. The summed E-state index contributed by atoms with van der Waals surface area (Å²) in [7, 11) is 0. The van der Waals surface area contributed by atoms with Crippen LogP contribution in [0.1, 0.15) is 19.4 Å². The van der Waals surface area contributed by atoms with Crippen LogP contribution in [0.15, 0.2) is 59.5 Å². The van der Waals surface area contributed by atoms with Gasteiger partial charge in [0.15, 0.2) is 0 Å². The summed E-state index contributed by atoms with van der Waals surface area (Å²) in [6.45, 7) is 7.17. The average molecular weight is 412 g/mol. The van der Waals surface area contributed by atoms with Gasteiger partial charge in [-0.3, -0.25) is 14.5 Å². The number of nitrogens with one attached hydrogen (secondary N) is 1. The van der Waals surface area contributed by atoms with Crippen LogP contribution in [0.2, 0.25) is 0 Å². The molecule has 1 unspecified atom stereocenters. The van der Waals surface area contributed by atoms with Gasteiger partial charge in [0, 0.05) is 36.8 Å². The molecule has 29 heavy (non-hydrogen) atoms. The smallest absolute Gasteiger partial charge is 0.238 e. The van der Waals surface area contributed by atoms with Gasteiger partial charge >= 0.3 is 0 Å². The SMILES string of the molecule is CCc1ccccc1NC(=O)CN1CCN(C(=O)C(C)Sc2ccccc2)CC1. The fraction of sp³-hybridized carbons (Fsp3) is 0.391. The molecular weight excluding hydrogens is 382 g/mol. The Hall–Kier alpha value is -2.31. The van der Waals surface area contributed by atoms with Gasteiger partial charge in [0.1, 0.15) is 0 Å². The number of carbonyl (C=O) groups excluding carboxylic acids is 2. The molecule has 5 nitrogen and oxygen atoms in total. The zero-order valence-electron chi connectivity index (χ0n) is 17.1. The molecule has 0 saturated carbocycles. The molecule has 0 spiro atoms. The molecule has 0 radical (unpaired) electrons. The van der Waals surface area contributed by atoms with E-state index in [1.165, 1.54) is 0 Å². The number of thioether (sulfide) groups is 1. The molecule has 0 aliphatic carbocycles. The highest BCUT2D eigenvalue weighted by molar-refractivity contribution is 8.00. The average Bonchev–Trinajstić information content (AvgIpc) is 2.75. The highest BCUT2D eigenvalue weighted by Crippen LogP contribution is 2.24. The molecule has 6 heteroatoms. The summed E-state index contributed by atoms with van der Waals surface area (Å²) in [5, 5.41) is 2.91. The second kappa shape index (κ2) is 10.5. The Morgan fingerprint density at radius 1 is 1.00 bits per heavy atom. The van der Waals surface area contributed by atoms with Crippen molar-refractivity contribution in [3.05, 3.63) is 60.2 Å². The van der Waals surface area contributed by atoms with Crippen molar-refractivity contribution in [1.29, 1.82) is 0 Å². The number of rotatable bonds is 7. The van der Waals surface area contributed by atoms with Gasteiger partial charge in [0.2, 0.25) is 11.8 Å². The second-order valence-corrected chi connectivity index (χ2v) is 8.65. The monoisotopic (exact) mass is 411 g/mol. The third-order valence-electron chi connectivity index (χ3n) is 5.13. The molecule has 1 saturated heterocycles. The van der Waals surface area contributed by atoms with E-state index in [-0.39, 0.29) is 17.1 Å². The van der Waals surface area contributed by atoms with Gasteiger partial charge < -0.3 is 10.2 Å². The molecule has 1 heterocycles. The highest BCUT2D eigenvalue weighted by Gasteiger charge is 2.26. The van der Waals surface area contributed by atoms with Crippen molar-refractivity contribution >= 4 is 29.3 Å². The molecule has 2 aromatic rings. The lowest BCUT2D eigenvalue weighted by molar-refractivity contribution is -0.132. The summed E-state index contributed by atoms with van der Waals surface area (Å²) in [6, 6.07) is 17.9. The predicted octanol–water partition coefficient (Wildman–Crippen LogP) is 3.51. The molecule has 1 atom stereocenters. The Bertz CT molecular complexity index is 820. The van der Waals surface area contributed by atoms with E-state index < -0.39 is 0 Å². The molecule has 0 aromatic heterocycles. The van der Waals surface area contributed by atoms with E-state index >= 15 is 0 Å². The molecular formula is C23H29N3O2S. The van der Waals surface area contributed by atoms with Crippen molar-refractivity contribution in [3.63, 3.8) is 0 Å². The van der Waals surface area contributed by atoms with Gasteiger partial charge in [-0.1, -0.05) is 43.3 Å². The van der Waals surface area contributed by atoms with E-state index in [0.717, 1.165) is 35.7 Å².